The number of aromatic nitrogens is 1. The number of halogens is 4. The molecule has 0 saturated carbocycles. The molecular formula is C21H23F4NO2S2. The summed E-state index contributed by atoms with van der Waals surface area (Å²) in [5.74, 6) is -0.506. The highest BCUT2D eigenvalue weighted by atomic mass is 32.2. The van der Waals surface area contributed by atoms with Crippen LogP contribution in [-0.2, 0) is 16.0 Å². The van der Waals surface area contributed by atoms with E-state index in [-0.39, 0.29) is 15.5 Å². The van der Waals surface area contributed by atoms with E-state index in [1.165, 1.54) is 36.4 Å². The van der Waals surface area contributed by atoms with Crippen molar-refractivity contribution in [1.82, 2.24) is 4.98 Å². The lowest BCUT2D eigenvalue weighted by molar-refractivity contribution is -0.137. The van der Waals surface area contributed by atoms with Gasteiger partial charge in [0.15, 0.2) is 14.8 Å². The second-order valence-corrected chi connectivity index (χ2v) is 8.51. The smallest absolute Gasteiger partial charge is 0.231 e. The first-order valence-corrected chi connectivity index (χ1v) is 11.9. The molecule has 0 unspecified atom stereocenters. The van der Waals surface area contributed by atoms with Gasteiger partial charge in [0.1, 0.15) is 5.82 Å². The summed E-state index contributed by atoms with van der Waals surface area (Å²) in [6.07, 6.45) is -3.58. The Labute approximate surface area is 178 Å². The fraction of sp³-hybridized carbons (Fsp3) is 0.286. The van der Waals surface area contributed by atoms with E-state index < -0.39 is 26.8 Å². The van der Waals surface area contributed by atoms with Crippen LogP contribution >= 0.6 is 11.3 Å². The monoisotopic (exact) mass is 461 g/mol. The normalized spacial score (nSPS) is 11.1. The zero-order chi connectivity index (χ0) is 23.1. The lowest BCUT2D eigenvalue weighted by Gasteiger charge is -2.04. The van der Waals surface area contributed by atoms with Crippen molar-refractivity contribution >= 4 is 21.2 Å². The first-order valence-electron chi connectivity index (χ1n) is 9.20. The number of benzene rings is 2. The van der Waals surface area contributed by atoms with Gasteiger partial charge in [0, 0.05) is 11.8 Å². The molecule has 2 aromatic carbocycles. The summed E-state index contributed by atoms with van der Waals surface area (Å²) in [6, 6.07) is 10.5. The Bertz CT molecular complexity index is 1040. The number of nitrogens with zero attached hydrogens (tertiary/aromatic N) is 1. The molecule has 3 aromatic rings. The van der Waals surface area contributed by atoms with Crippen molar-refractivity contribution < 1.29 is 26.0 Å². The van der Waals surface area contributed by atoms with E-state index in [1.807, 2.05) is 27.7 Å². The minimum atomic E-state index is -4.62. The van der Waals surface area contributed by atoms with E-state index in [0.717, 1.165) is 18.4 Å². The lowest BCUT2D eigenvalue weighted by Crippen LogP contribution is -2.03. The first kappa shape index (κ1) is 25.8. The molecule has 0 aliphatic rings. The predicted molar refractivity (Wildman–Crippen MR) is 114 cm³/mol. The third-order valence-electron chi connectivity index (χ3n) is 3.53. The Morgan fingerprint density at radius 2 is 1.30 bits per heavy atom. The van der Waals surface area contributed by atoms with E-state index in [1.54, 1.807) is 0 Å². The summed E-state index contributed by atoms with van der Waals surface area (Å²) in [7, 11) is -3.43. The summed E-state index contributed by atoms with van der Waals surface area (Å²) in [5, 5.41) is -1.03. The quantitative estimate of drug-likeness (QED) is 0.391. The lowest BCUT2D eigenvalue weighted by atomic mass is 10.1. The molecule has 0 bridgehead atoms. The molecule has 0 atom stereocenters. The molecule has 1 aromatic heterocycles. The zero-order valence-electron chi connectivity index (χ0n) is 17.2. The van der Waals surface area contributed by atoms with Crippen LogP contribution in [0.5, 0.6) is 0 Å². The topological polar surface area (TPSA) is 47.0 Å². The number of rotatable bonds is 3. The van der Waals surface area contributed by atoms with Crippen LogP contribution in [0.2, 0.25) is 0 Å². The Morgan fingerprint density at radius 3 is 1.73 bits per heavy atom. The van der Waals surface area contributed by atoms with Gasteiger partial charge in [-0.15, -0.1) is 11.3 Å². The number of hydrogen-bond acceptors (Lipinski definition) is 4. The maximum absolute atomic E-state index is 13.1. The Kier molecular flexibility index (Phi) is 9.17. The molecule has 9 heteroatoms. The highest BCUT2D eigenvalue weighted by Gasteiger charge is 2.36. The predicted octanol–water partition coefficient (Wildman–Crippen LogP) is 7.09. The van der Waals surface area contributed by atoms with Gasteiger partial charge in [0.25, 0.3) is 0 Å². The van der Waals surface area contributed by atoms with Crippen LogP contribution in [0.1, 0.15) is 32.7 Å². The number of alkyl halides is 3. The molecule has 0 radical (unpaired) electrons. The summed E-state index contributed by atoms with van der Waals surface area (Å²) >= 11 is 0.453. The van der Waals surface area contributed by atoms with Gasteiger partial charge in [0.2, 0.25) is 0 Å². The van der Waals surface area contributed by atoms with Crippen LogP contribution in [0.4, 0.5) is 17.6 Å². The molecule has 0 saturated heterocycles. The molecule has 1 heterocycles. The molecule has 164 valence electrons. The van der Waals surface area contributed by atoms with Crippen LogP contribution in [0.25, 0.3) is 21.7 Å². The van der Waals surface area contributed by atoms with E-state index in [9.17, 15) is 26.0 Å². The Hall–Kier alpha value is -2.26. The van der Waals surface area contributed by atoms with Crippen LogP contribution < -0.4 is 0 Å². The zero-order valence-corrected chi connectivity index (χ0v) is 18.8. The van der Waals surface area contributed by atoms with Crippen molar-refractivity contribution in [3.63, 3.8) is 0 Å². The van der Waals surface area contributed by atoms with E-state index in [0.29, 0.717) is 22.5 Å². The van der Waals surface area contributed by atoms with Crippen molar-refractivity contribution in [2.45, 2.75) is 38.8 Å². The minimum absolute atomic E-state index is 0.0517. The van der Waals surface area contributed by atoms with Crippen LogP contribution in [-0.4, -0.2) is 19.7 Å². The molecule has 3 rings (SSSR count). The van der Waals surface area contributed by atoms with Gasteiger partial charge >= 0.3 is 6.18 Å². The van der Waals surface area contributed by atoms with Crippen LogP contribution in [0, 0.1) is 5.82 Å². The van der Waals surface area contributed by atoms with E-state index >= 15 is 0 Å². The maximum Gasteiger partial charge on any atom is 0.443 e. The summed E-state index contributed by atoms with van der Waals surface area (Å²) in [5.41, 5.74) is 0.791. The van der Waals surface area contributed by atoms with Crippen LogP contribution in [0.15, 0.2) is 53.4 Å². The SMILES string of the molecule is CC.CC.CS(=O)(=O)c1ccc(-c2nc(C(F)(F)F)sc2-c2ccc(F)cc2)cc1. The fourth-order valence-corrected chi connectivity index (χ4v) is 3.88. The minimum Gasteiger partial charge on any atom is -0.231 e. The highest BCUT2D eigenvalue weighted by Crippen LogP contribution is 2.42. The van der Waals surface area contributed by atoms with Crippen molar-refractivity contribution in [3.8, 4) is 21.7 Å². The summed E-state index contributed by atoms with van der Waals surface area (Å²) < 4.78 is 75.5. The Morgan fingerprint density at radius 1 is 0.833 bits per heavy atom. The van der Waals surface area contributed by atoms with Gasteiger partial charge in [-0.2, -0.15) is 13.2 Å². The van der Waals surface area contributed by atoms with Crippen molar-refractivity contribution in [2.75, 3.05) is 6.26 Å². The molecule has 0 aliphatic heterocycles. The molecule has 3 nitrogen and oxygen atoms in total. The van der Waals surface area contributed by atoms with Crippen LogP contribution in [0.3, 0.4) is 0 Å². The number of hydrogen-bond donors (Lipinski definition) is 0. The van der Waals surface area contributed by atoms with Gasteiger partial charge in [-0.3, -0.25) is 0 Å². The highest BCUT2D eigenvalue weighted by molar-refractivity contribution is 7.90. The number of sulfone groups is 1. The number of thiazole rings is 1. The molecule has 30 heavy (non-hydrogen) atoms. The van der Waals surface area contributed by atoms with Gasteiger partial charge in [-0.25, -0.2) is 17.8 Å². The second-order valence-electron chi connectivity index (χ2n) is 5.50. The van der Waals surface area contributed by atoms with Crippen molar-refractivity contribution in [2.24, 2.45) is 0 Å². The summed E-state index contributed by atoms with van der Waals surface area (Å²) in [6.45, 7) is 8.00. The fourth-order valence-electron chi connectivity index (χ4n) is 2.29. The third-order valence-corrected chi connectivity index (χ3v) is 5.81. The first-order chi connectivity index (χ1) is 14.1. The van der Waals surface area contributed by atoms with Gasteiger partial charge in [-0.05, 0) is 29.8 Å². The molecule has 0 amide bonds. The van der Waals surface area contributed by atoms with Crippen molar-refractivity contribution in [1.29, 1.82) is 0 Å². The standard InChI is InChI=1S/C17H11F4NO2S2.2C2H6/c1-26(23,24)13-8-4-10(5-9-13)14-15(11-2-6-12(18)7-3-11)25-16(22-14)17(19,20)21;2*1-2/h2-9H,1H3;2*1-2H3. The average Bonchev–Trinajstić information content (AvgIpc) is 3.17. The molecular weight excluding hydrogens is 438 g/mol. The van der Waals surface area contributed by atoms with Gasteiger partial charge in [0.05, 0.1) is 15.5 Å². The second kappa shape index (κ2) is 10.7. The Balaban J connectivity index is 0.00000106. The van der Waals surface area contributed by atoms with Crippen molar-refractivity contribution in [3.05, 3.63) is 59.4 Å². The van der Waals surface area contributed by atoms with E-state index in [4.69, 9.17) is 0 Å². The molecule has 0 spiro atoms. The van der Waals surface area contributed by atoms with Gasteiger partial charge < -0.3 is 0 Å². The third kappa shape index (κ3) is 6.37. The maximum atomic E-state index is 13.1. The average molecular weight is 462 g/mol. The molecule has 0 N–H and O–H groups in total. The largest absolute Gasteiger partial charge is 0.443 e. The van der Waals surface area contributed by atoms with E-state index in [2.05, 4.69) is 4.98 Å². The molecule has 0 aliphatic carbocycles. The van der Waals surface area contributed by atoms with Gasteiger partial charge in [-0.1, -0.05) is 52.0 Å². The summed E-state index contributed by atoms with van der Waals surface area (Å²) in [4.78, 5) is 3.97. The molecule has 0 fully saturated rings.